The monoisotopic (exact) mass is 721 g/mol. The summed E-state index contributed by atoms with van der Waals surface area (Å²) in [5.41, 5.74) is 3.25. The number of unbranched alkanes of at least 4 members (excludes halogenated alkanes) is 16. The number of esters is 1. The maximum atomic E-state index is 12.7. The first-order chi connectivity index (χ1) is 25.6. The Labute approximate surface area is 317 Å². The van der Waals surface area contributed by atoms with Crippen LogP contribution in [0.25, 0.3) is 10.6 Å². The molecule has 278 valence electrons. The van der Waals surface area contributed by atoms with Crippen LogP contribution in [-0.2, 0) is 0 Å². The maximum absolute atomic E-state index is 12.7. The molecule has 0 fully saturated rings. The van der Waals surface area contributed by atoms with E-state index >= 15 is 0 Å². The van der Waals surface area contributed by atoms with Gasteiger partial charge in [-0.15, -0.1) is 0 Å². The van der Waals surface area contributed by atoms with Crippen molar-refractivity contribution in [2.45, 2.75) is 129 Å². The van der Waals surface area contributed by atoms with Crippen molar-refractivity contribution in [3.8, 4) is 39.0 Å². The lowest BCUT2D eigenvalue weighted by atomic mass is 10.1. The van der Waals surface area contributed by atoms with Crippen molar-refractivity contribution in [3.05, 3.63) is 95.7 Å². The molecular formula is C46H59NO4S. The molecule has 52 heavy (non-hydrogen) atoms. The van der Waals surface area contributed by atoms with Crippen LogP contribution in [0.1, 0.15) is 151 Å². The number of nitrogens with zero attached hydrogens (tertiary/aromatic N) is 1. The molecule has 4 aromatic rings. The molecule has 6 heteroatoms. The molecule has 0 saturated heterocycles. The standard InChI is InChI=1S/C46H59NO4S/c1-3-5-7-9-11-13-14-16-18-20-36-50-44-37-47-45(52-44)40-27-23-38(24-28-40)21-22-39-25-29-41(30-26-39)46(48)51-43-33-31-42(32-34-43)49-35-19-17-15-12-10-8-6-4-2/h23-34,37H,3-20,35-36H2,1-2H3. The first-order valence-corrected chi connectivity index (χ1v) is 20.7. The number of benzene rings is 3. The Morgan fingerprint density at radius 1 is 0.558 bits per heavy atom. The van der Waals surface area contributed by atoms with Gasteiger partial charge in [-0.3, -0.25) is 0 Å². The van der Waals surface area contributed by atoms with E-state index < -0.39 is 5.97 Å². The van der Waals surface area contributed by atoms with Gasteiger partial charge in [0, 0.05) is 16.7 Å². The SMILES string of the molecule is CCCCCCCCCCCCOc1cnc(-c2ccc(C#Cc3ccc(C(=O)Oc4ccc(OCCCCCCCCCC)cc4)cc3)cc2)s1. The summed E-state index contributed by atoms with van der Waals surface area (Å²) in [5, 5.41) is 1.81. The molecule has 0 radical (unpaired) electrons. The third-order valence-electron chi connectivity index (χ3n) is 9.13. The molecule has 0 unspecified atom stereocenters. The van der Waals surface area contributed by atoms with Gasteiger partial charge in [-0.2, -0.15) is 0 Å². The van der Waals surface area contributed by atoms with Gasteiger partial charge >= 0.3 is 5.97 Å². The van der Waals surface area contributed by atoms with E-state index in [0.717, 1.165) is 52.0 Å². The second-order valence-corrected chi connectivity index (χ2v) is 14.6. The van der Waals surface area contributed by atoms with Crippen molar-refractivity contribution >= 4 is 17.3 Å². The molecule has 5 nitrogen and oxygen atoms in total. The molecule has 0 aliphatic carbocycles. The van der Waals surface area contributed by atoms with Gasteiger partial charge in [-0.25, -0.2) is 9.78 Å². The highest BCUT2D eigenvalue weighted by Crippen LogP contribution is 2.30. The number of thiazole rings is 1. The lowest BCUT2D eigenvalue weighted by molar-refractivity contribution is 0.0734. The fourth-order valence-corrected chi connectivity index (χ4v) is 6.75. The Morgan fingerprint density at radius 3 is 1.56 bits per heavy atom. The third-order valence-corrected chi connectivity index (χ3v) is 10.1. The Hall–Kier alpha value is -4.08. The quantitative estimate of drug-likeness (QED) is 0.0295. The first-order valence-electron chi connectivity index (χ1n) is 19.9. The van der Waals surface area contributed by atoms with Crippen LogP contribution in [0.2, 0.25) is 0 Å². The molecule has 0 spiro atoms. The molecule has 0 aliphatic rings. The summed E-state index contributed by atoms with van der Waals surface area (Å²) in [7, 11) is 0. The van der Waals surface area contributed by atoms with Crippen molar-refractivity contribution in [1.29, 1.82) is 0 Å². The van der Waals surface area contributed by atoms with E-state index in [2.05, 4.69) is 30.7 Å². The molecule has 0 saturated carbocycles. The molecule has 1 heterocycles. The Morgan fingerprint density at radius 2 is 1.02 bits per heavy atom. The number of hydrogen-bond acceptors (Lipinski definition) is 6. The Bertz CT molecular complexity index is 1600. The zero-order chi connectivity index (χ0) is 36.5. The summed E-state index contributed by atoms with van der Waals surface area (Å²) in [6, 6.07) is 22.5. The van der Waals surface area contributed by atoms with Crippen LogP contribution < -0.4 is 14.2 Å². The van der Waals surface area contributed by atoms with E-state index in [0.29, 0.717) is 17.9 Å². The van der Waals surface area contributed by atoms with Gasteiger partial charge in [0.05, 0.1) is 25.0 Å². The predicted octanol–water partition coefficient (Wildman–Crippen LogP) is 13.2. The number of rotatable bonds is 25. The average molecular weight is 722 g/mol. The van der Waals surface area contributed by atoms with Gasteiger partial charge in [-0.05, 0) is 73.5 Å². The fourth-order valence-electron chi connectivity index (χ4n) is 5.95. The molecule has 3 aromatic carbocycles. The van der Waals surface area contributed by atoms with E-state index in [1.807, 2.05) is 54.7 Å². The highest BCUT2D eigenvalue weighted by Gasteiger charge is 2.09. The van der Waals surface area contributed by atoms with Crippen LogP contribution in [-0.4, -0.2) is 24.2 Å². The number of carbonyl (C=O) groups excluding carboxylic acids is 1. The van der Waals surface area contributed by atoms with Crippen LogP contribution in [0, 0.1) is 11.8 Å². The van der Waals surface area contributed by atoms with Gasteiger partial charge in [0.2, 0.25) is 0 Å². The van der Waals surface area contributed by atoms with Gasteiger partial charge < -0.3 is 14.2 Å². The number of carbonyl (C=O) groups is 1. The Kier molecular flexibility index (Phi) is 19.6. The van der Waals surface area contributed by atoms with E-state index in [1.165, 1.54) is 103 Å². The molecular weight excluding hydrogens is 663 g/mol. The number of aromatic nitrogens is 1. The lowest BCUT2D eigenvalue weighted by Crippen LogP contribution is -2.08. The van der Waals surface area contributed by atoms with Gasteiger partial charge in [-0.1, -0.05) is 152 Å². The summed E-state index contributed by atoms with van der Waals surface area (Å²) in [5.74, 6) is 7.28. The fraction of sp³-hybridized carbons (Fsp3) is 0.478. The minimum atomic E-state index is -0.405. The summed E-state index contributed by atoms with van der Waals surface area (Å²) < 4.78 is 17.4. The van der Waals surface area contributed by atoms with E-state index in [4.69, 9.17) is 14.2 Å². The minimum Gasteiger partial charge on any atom is -0.494 e. The number of ether oxygens (including phenoxy) is 3. The largest absolute Gasteiger partial charge is 0.494 e. The normalized spacial score (nSPS) is 10.8. The molecule has 1 aromatic heterocycles. The smallest absolute Gasteiger partial charge is 0.343 e. The van der Waals surface area contributed by atoms with E-state index in [1.54, 1.807) is 35.6 Å². The number of hydrogen-bond donors (Lipinski definition) is 0. The molecule has 0 atom stereocenters. The molecule has 4 rings (SSSR count). The van der Waals surface area contributed by atoms with Crippen LogP contribution in [0.5, 0.6) is 16.6 Å². The van der Waals surface area contributed by atoms with Crippen LogP contribution in [0.3, 0.4) is 0 Å². The van der Waals surface area contributed by atoms with E-state index in [9.17, 15) is 4.79 Å². The minimum absolute atomic E-state index is 0.405. The zero-order valence-corrected chi connectivity index (χ0v) is 32.5. The summed E-state index contributed by atoms with van der Waals surface area (Å²) in [6.07, 6.45) is 25.2. The predicted molar refractivity (Wildman–Crippen MR) is 217 cm³/mol. The summed E-state index contributed by atoms with van der Waals surface area (Å²) >= 11 is 1.58. The maximum Gasteiger partial charge on any atom is 0.343 e. The molecule has 0 bridgehead atoms. The lowest BCUT2D eigenvalue weighted by Gasteiger charge is -2.08. The topological polar surface area (TPSA) is 57.7 Å². The van der Waals surface area contributed by atoms with Gasteiger partial charge in [0.1, 0.15) is 16.5 Å². The molecule has 0 N–H and O–H groups in total. The first kappa shape index (κ1) is 40.7. The Balaban J connectivity index is 1.12. The summed E-state index contributed by atoms with van der Waals surface area (Å²) in [6.45, 7) is 5.97. The second kappa shape index (κ2) is 25.0. The van der Waals surface area contributed by atoms with Gasteiger partial charge in [0.25, 0.3) is 0 Å². The molecule has 0 amide bonds. The zero-order valence-electron chi connectivity index (χ0n) is 31.6. The van der Waals surface area contributed by atoms with E-state index in [-0.39, 0.29) is 0 Å². The van der Waals surface area contributed by atoms with Crippen molar-refractivity contribution in [1.82, 2.24) is 4.98 Å². The second-order valence-electron chi connectivity index (χ2n) is 13.6. The van der Waals surface area contributed by atoms with Crippen molar-refractivity contribution in [2.75, 3.05) is 13.2 Å². The third kappa shape index (κ3) is 16.1. The highest BCUT2D eigenvalue weighted by molar-refractivity contribution is 7.16. The highest BCUT2D eigenvalue weighted by atomic mass is 32.1. The van der Waals surface area contributed by atoms with Crippen LogP contribution >= 0.6 is 11.3 Å². The van der Waals surface area contributed by atoms with Crippen molar-refractivity contribution in [2.24, 2.45) is 0 Å². The average Bonchev–Trinajstić information content (AvgIpc) is 3.65. The van der Waals surface area contributed by atoms with Crippen molar-refractivity contribution < 1.29 is 19.0 Å². The summed E-state index contributed by atoms with van der Waals surface area (Å²) in [4.78, 5) is 17.3. The van der Waals surface area contributed by atoms with Crippen LogP contribution in [0.15, 0.2) is 79.0 Å². The van der Waals surface area contributed by atoms with Crippen LogP contribution in [0.4, 0.5) is 0 Å². The molecule has 0 aliphatic heterocycles. The van der Waals surface area contributed by atoms with Gasteiger partial charge in [0.15, 0.2) is 5.06 Å². The van der Waals surface area contributed by atoms with Crippen molar-refractivity contribution in [3.63, 3.8) is 0 Å².